The molecule has 1 saturated heterocycles. The second kappa shape index (κ2) is 7.85. The summed E-state index contributed by atoms with van der Waals surface area (Å²) in [6.45, 7) is 1.20. The molecule has 1 aliphatic rings. The molecule has 25 heavy (non-hydrogen) atoms. The summed E-state index contributed by atoms with van der Waals surface area (Å²) in [6.07, 6.45) is 1.67. The molecule has 1 fully saturated rings. The average molecular weight is 363 g/mol. The van der Waals surface area contributed by atoms with Crippen molar-refractivity contribution in [1.29, 1.82) is 0 Å². The van der Waals surface area contributed by atoms with Crippen LogP contribution in [0.2, 0.25) is 5.02 Å². The lowest BCUT2D eigenvalue weighted by molar-refractivity contribution is -0.120. The number of nitrogens with zero attached hydrogens (tertiary/aromatic N) is 1. The molecule has 1 heterocycles. The number of nitrogens with one attached hydrogen (secondary N) is 1. The number of benzene rings is 2. The quantitative estimate of drug-likeness (QED) is 0.871. The summed E-state index contributed by atoms with van der Waals surface area (Å²) in [6, 6.07) is 11.5. The Balaban J connectivity index is 1.68. The number of carbonyl (C=O) groups is 1. The summed E-state index contributed by atoms with van der Waals surface area (Å²) in [7, 11) is 1.54. The summed E-state index contributed by atoms with van der Waals surface area (Å²) in [5, 5.41) is 3.33. The predicted molar refractivity (Wildman–Crippen MR) is 96.5 cm³/mol. The second-order valence-electron chi connectivity index (χ2n) is 6.06. The summed E-state index contributed by atoms with van der Waals surface area (Å²) in [5.74, 6) is 0.215. The minimum absolute atomic E-state index is 0.102. The Morgan fingerprint density at radius 3 is 2.88 bits per heavy atom. The largest absolute Gasteiger partial charge is 0.495 e. The predicted octanol–water partition coefficient (Wildman–Crippen LogP) is 4.09. The summed E-state index contributed by atoms with van der Waals surface area (Å²) < 4.78 is 19.0. The second-order valence-corrected chi connectivity index (χ2v) is 6.47. The summed E-state index contributed by atoms with van der Waals surface area (Å²) in [4.78, 5) is 14.7. The van der Waals surface area contributed by atoms with Crippen LogP contribution in [0.15, 0.2) is 42.5 Å². The van der Waals surface area contributed by atoms with Crippen molar-refractivity contribution < 1.29 is 13.9 Å². The van der Waals surface area contributed by atoms with Gasteiger partial charge in [-0.05, 0) is 43.7 Å². The molecule has 1 N–H and O–H groups in total. The monoisotopic (exact) mass is 362 g/mol. The lowest BCUT2D eigenvalue weighted by atomic mass is 10.1. The average Bonchev–Trinajstić information content (AvgIpc) is 3.05. The van der Waals surface area contributed by atoms with Crippen LogP contribution < -0.4 is 10.1 Å². The SMILES string of the molecule is COc1ccc(NC(=O)C2CCCN2Cc2ccccc2F)cc1Cl. The highest BCUT2D eigenvalue weighted by atomic mass is 35.5. The first-order chi connectivity index (χ1) is 12.1. The zero-order valence-corrected chi connectivity index (χ0v) is 14.7. The Bertz CT molecular complexity index is 769. The number of hydrogen-bond acceptors (Lipinski definition) is 3. The highest BCUT2D eigenvalue weighted by molar-refractivity contribution is 6.32. The van der Waals surface area contributed by atoms with Crippen molar-refractivity contribution in [3.63, 3.8) is 0 Å². The Kier molecular flexibility index (Phi) is 5.56. The number of halogens is 2. The molecule has 2 aromatic rings. The Labute approximate surface area is 151 Å². The minimum atomic E-state index is -0.277. The fourth-order valence-corrected chi connectivity index (χ4v) is 3.39. The topological polar surface area (TPSA) is 41.6 Å². The van der Waals surface area contributed by atoms with E-state index in [0.717, 1.165) is 19.4 Å². The number of methoxy groups -OCH3 is 1. The van der Waals surface area contributed by atoms with E-state index in [2.05, 4.69) is 5.32 Å². The van der Waals surface area contributed by atoms with Crippen molar-refractivity contribution in [2.45, 2.75) is 25.4 Å². The first-order valence-electron chi connectivity index (χ1n) is 8.20. The van der Waals surface area contributed by atoms with Crippen molar-refractivity contribution in [1.82, 2.24) is 4.90 Å². The maximum Gasteiger partial charge on any atom is 0.241 e. The van der Waals surface area contributed by atoms with Gasteiger partial charge in [0.05, 0.1) is 18.2 Å². The normalized spacial score (nSPS) is 17.5. The number of carbonyl (C=O) groups excluding carboxylic acids is 1. The van der Waals surface area contributed by atoms with E-state index in [1.54, 1.807) is 37.4 Å². The van der Waals surface area contributed by atoms with E-state index in [9.17, 15) is 9.18 Å². The Morgan fingerprint density at radius 1 is 1.36 bits per heavy atom. The molecular formula is C19H20ClFN2O2. The molecule has 0 radical (unpaired) electrons. The molecule has 0 saturated carbocycles. The molecule has 2 aromatic carbocycles. The van der Waals surface area contributed by atoms with Crippen molar-refractivity contribution in [2.75, 3.05) is 19.0 Å². The lowest BCUT2D eigenvalue weighted by Gasteiger charge is -2.24. The van der Waals surface area contributed by atoms with Gasteiger partial charge in [-0.15, -0.1) is 0 Å². The first-order valence-corrected chi connectivity index (χ1v) is 8.58. The first kappa shape index (κ1) is 17.7. The van der Waals surface area contributed by atoms with Gasteiger partial charge in [0.2, 0.25) is 5.91 Å². The van der Waals surface area contributed by atoms with Crippen LogP contribution in [0.1, 0.15) is 18.4 Å². The zero-order chi connectivity index (χ0) is 17.8. The van der Waals surface area contributed by atoms with Gasteiger partial charge >= 0.3 is 0 Å². The van der Waals surface area contributed by atoms with Gasteiger partial charge < -0.3 is 10.1 Å². The van der Waals surface area contributed by atoms with Crippen molar-refractivity contribution in [3.05, 3.63) is 58.9 Å². The molecule has 0 bridgehead atoms. The number of amides is 1. The molecule has 6 heteroatoms. The van der Waals surface area contributed by atoms with Crippen molar-refractivity contribution in [3.8, 4) is 5.75 Å². The molecule has 3 rings (SSSR count). The van der Waals surface area contributed by atoms with E-state index in [0.29, 0.717) is 28.6 Å². The van der Waals surface area contributed by atoms with E-state index in [-0.39, 0.29) is 17.8 Å². The van der Waals surface area contributed by atoms with Gasteiger partial charge in [-0.25, -0.2) is 4.39 Å². The van der Waals surface area contributed by atoms with E-state index in [1.165, 1.54) is 6.07 Å². The molecule has 0 aromatic heterocycles. The van der Waals surface area contributed by atoms with Gasteiger partial charge in [0.25, 0.3) is 0 Å². The van der Waals surface area contributed by atoms with Crippen LogP contribution in [0, 0.1) is 5.82 Å². The molecule has 132 valence electrons. The van der Waals surface area contributed by atoms with Gasteiger partial charge in [-0.3, -0.25) is 9.69 Å². The van der Waals surface area contributed by atoms with Crippen LogP contribution in [0.5, 0.6) is 5.75 Å². The van der Waals surface area contributed by atoms with Crippen LogP contribution in [0.25, 0.3) is 0 Å². The molecule has 0 spiro atoms. The molecule has 1 amide bonds. The van der Waals surface area contributed by atoms with Crippen molar-refractivity contribution >= 4 is 23.2 Å². The Morgan fingerprint density at radius 2 is 2.16 bits per heavy atom. The van der Waals surface area contributed by atoms with Gasteiger partial charge in [-0.2, -0.15) is 0 Å². The fourth-order valence-electron chi connectivity index (χ4n) is 3.13. The maximum atomic E-state index is 13.9. The number of ether oxygens (including phenoxy) is 1. The number of likely N-dealkylation sites (tertiary alicyclic amines) is 1. The van der Waals surface area contributed by atoms with E-state index < -0.39 is 0 Å². The van der Waals surface area contributed by atoms with Gasteiger partial charge in [0.15, 0.2) is 0 Å². The third-order valence-corrected chi connectivity index (χ3v) is 4.71. The highest BCUT2D eigenvalue weighted by Crippen LogP contribution is 2.28. The van der Waals surface area contributed by atoms with Gasteiger partial charge in [0, 0.05) is 17.8 Å². The Hall–Kier alpha value is -2.11. The maximum absolute atomic E-state index is 13.9. The van der Waals surface area contributed by atoms with Crippen LogP contribution in [0.4, 0.5) is 10.1 Å². The van der Waals surface area contributed by atoms with Crippen molar-refractivity contribution in [2.24, 2.45) is 0 Å². The minimum Gasteiger partial charge on any atom is -0.495 e. The summed E-state index contributed by atoms with van der Waals surface area (Å²) in [5.41, 5.74) is 1.23. The fraction of sp³-hybridized carbons (Fsp3) is 0.316. The zero-order valence-electron chi connectivity index (χ0n) is 14.0. The van der Waals surface area contributed by atoms with Gasteiger partial charge in [-0.1, -0.05) is 29.8 Å². The lowest BCUT2D eigenvalue weighted by Crippen LogP contribution is -2.39. The third-order valence-electron chi connectivity index (χ3n) is 4.42. The van der Waals surface area contributed by atoms with Crippen LogP contribution in [-0.2, 0) is 11.3 Å². The molecule has 0 aliphatic carbocycles. The smallest absolute Gasteiger partial charge is 0.241 e. The third kappa shape index (κ3) is 4.11. The van der Waals surface area contributed by atoms with E-state index in [1.807, 2.05) is 11.0 Å². The molecule has 1 unspecified atom stereocenters. The van der Waals surface area contributed by atoms with Gasteiger partial charge in [0.1, 0.15) is 11.6 Å². The molecular weight excluding hydrogens is 343 g/mol. The van der Waals surface area contributed by atoms with Crippen LogP contribution in [0.3, 0.4) is 0 Å². The van der Waals surface area contributed by atoms with Crippen LogP contribution >= 0.6 is 11.6 Å². The van der Waals surface area contributed by atoms with Crippen LogP contribution in [-0.4, -0.2) is 30.5 Å². The van der Waals surface area contributed by atoms with E-state index >= 15 is 0 Å². The standard InChI is InChI=1S/C19H20ClFN2O2/c1-25-18-9-8-14(11-15(18)20)22-19(24)17-7-4-10-23(17)12-13-5-2-3-6-16(13)21/h2-3,5-6,8-9,11,17H,4,7,10,12H2,1H3,(H,22,24). The number of hydrogen-bond donors (Lipinski definition) is 1. The number of anilines is 1. The number of rotatable bonds is 5. The molecule has 1 atom stereocenters. The van der Waals surface area contributed by atoms with E-state index in [4.69, 9.17) is 16.3 Å². The highest BCUT2D eigenvalue weighted by Gasteiger charge is 2.31. The molecule has 1 aliphatic heterocycles. The molecule has 4 nitrogen and oxygen atoms in total. The summed E-state index contributed by atoms with van der Waals surface area (Å²) >= 11 is 6.10.